The van der Waals surface area contributed by atoms with Crippen LogP contribution < -0.4 is 10.1 Å². The molecule has 162 valence electrons. The van der Waals surface area contributed by atoms with Gasteiger partial charge in [-0.1, -0.05) is 0 Å². The molecule has 1 fully saturated rings. The number of hydrogen-bond acceptors (Lipinski definition) is 6. The summed E-state index contributed by atoms with van der Waals surface area (Å²) in [5.74, 6) is 0.712. The fourth-order valence-corrected chi connectivity index (χ4v) is 3.72. The van der Waals surface area contributed by atoms with E-state index in [1.54, 1.807) is 12.4 Å². The van der Waals surface area contributed by atoms with Gasteiger partial charge in [0.25, 0.3) is 5.91 Å². The van der Waals surface area contributed by atoms with Crippen molar-refractivity contribution < 1.29 is 14.3 Å². The van der Waals surface area contributed by atoms with E-state index in [9.17, 15) is 4.79 Å². The minimum Gasteiger partial charge on any atom is -0.494 e. The van der Waals surface area contributed by atoms with E-state index in [4.69, 9.17) is 14.5 Å². The van der Waals surface area contributed by atoms with Gasteiger partial charge in [-0.15, -0.1) is 0 Å². The number of carbonyl (C=O) groups excluding carboxylic acids is 1. The minimum absolute atomic E-state index is 0.102. The third kappa shape index (κ3) is 5.37. The highest BCUT2D eigenvalue weighted by Crippen LogP contribution is 2.26. The van der Waals surface area contributed by atoms with E-state index in [-0.39, 0.29) is 5.91 Å². The minimum atomic E-state index is -0.102. The molecule has 7 heteroatoms. The van der Waals surface area contributed by atoms with Crippen molar-refractivity contribution in [3.05, 3.63) is 54.4 Å². The Morgan fingerprint density at radius 1 is 1.19 bits per heavy atom. The predicted octanol–water partition coefficient (Wildman–Crippen LogP) is 3.15. The summed E-state index contributed by atoms with van der Waals surface area (Å²) in [6.07, 6.45) is 4.30. The van der Waals surface area contributed by atoms with Gasteiger partial charge in [-0.3, -0.25) is 14.7 Å². The number of nitrogens with one attached hydrogen (secondary N) is 1. The van der Waals surface area contributed by atoms with Crippen LogP contribution in [0.5, 0.6) is 5.75 Å². The fraction of sp³-hybridized carbons (Fsp3) is 0.375. The van der Waals surface area contributed by atoms with Crippen molar-refractivity contribution in [1.29, 1.82) is 0 Å². The number of fused-ring (bicyclic) bond motifs is 1. The van der Waals surface area contributed by atoms with Gasteiger partial charge in [0.2, 0.25) is 0 Å². The van der Waals surface area contributed by atoms with Crippen molar-refractivity contribution in [2.24, 2.45) is 0 Å². The molecule has 0 saturated carbocycles. The molecule has 1 aliphatic heterocycles. The summed E-state index contributed by atoms with van der Waals surface area (Å²) in [5, 5.41) is 3.82. The third-order valence-corrected chi connectivity index (χ3v) is 5.36. The molecule has 0 spiro atoms. The second-order valence-corrected chi connectivity index (χ2v) is 7.47. The van der Waals surface area contributed by atoms with Crippen molar-refractivity contribution >= 4 is 16.8 Å². The van der Waals surface area contributed by atoms with Crippen LogP contribution in [0.25, 0.3) is 22.2 Å². The molecule has 0 bridgehead atoms. The lowest BCUT2D eigenvalue weighted by Crippen LogP contribution is -2.38. The summed E-state index contributed by atoms with van der Waals surface area (Å²) in [7, 11) is 0. The van der Waals surface area contributed by atoms with Crippen LogP contribution in [0.1, 0.15) is 23.7 Å². The number of benzene rings is 1. The number of rotatable bonds is 8. The van der Waals surface area contributed by atoms with Crippen molar-refractivity contribution in [3.63, 3.8) is 0 Å². The van der Waals surface area contributed by atoms with E-state index < -0.39 is 0 Å². The van der Waals surface area contributed by atoms with E-state index in [1.807, 2.05) is 43.3 Å². The lowest BCUT2D eigenvalue weighted by atomic mass is 10.0. The van der Waals surface area contributed by atoms with Crippen LogP contribution in [0.4, 0.5) is 0 Å². The Hall–Kier alpha value is -3.03. The molecule has 1 amide bonds. The number of pyridine rings is 2. The zero-order valence-corrected chi connectivity index (χ0v) is 17.8. The summed E-state index contributed by atoms with van der Waals surface area (Å²) in [5.41, 5.74) is 3.02. The average Bonchev–Trinajstić information content (AvgIpc) is 2.82. The maximum Gasteiger partial charge on any atom is 0.252 e. The molecule has 0 radical (unpaired) electrons. The van der Waals surface area contributed by atoms with E-state index in [0.29, 0.717) is 18.7 Å². The van der Waals surface area contributed by atoms with E-state index in [2.05, 4.69) is 15.2 Å². The number of hydrogen-bond donors (Lipinski definition) is 1. The monoisotopic (exact) mass is 420 g/mol. The maximum atomic E-state index is 13.0. The van der Waals surface area contributed by atoms with E-state index >= 15 is 0 Å². The van der Waals surface area contributed by atoms with Gasteiger partial charge in [-0.05, 0) is 56.3 Å². The van der Waals surface area contributed by atoms with Crippen LogP contribution in [-0.4, -0.2) is 66.8 Å². The summed E-state index contributed by atoms with van der Waals surface area (Å²) in [4.78, 5) is 24.3. The molecule has 0 unspecified atom stereocenters. The Morgan fingerprint density at radius 3 is 2.77 bits per heavy atom. The maximum absolute atomic E-state index is 13.0. The summed E-state index contributed by atoms with van der Waals surface area (Å²) >= 11 is 0. The standard InChI is InChI=1S/C24H28N4O3/c1-2-31-19-6-4-18(5-7-19)23-16-20(21-17-25-10-8-22(21)27-23)24(29)26-9-3-11-28-12-14-30-15-13-28/h4-8,10,16-17H,2-3,9,11-15H2,1H3,(H,26,29). The normalized spacial score (nSPS) is 14.5. The fourth-order valence-electron chi connectivity index (χ4n) is 3.72. The van der Waals surface area contributed by atoms with Gasteiger partial charge in [0.1, 0.15) is 5.75 Å². The molecule has 0 aliphatic carbocycles. The van der Waals surface area contributed by atoms with E-state index in [1.165, 1.54) is 0 Å². The first-order valence-corrected chi connectivity index (χ1v) is 10.8. The number of nitrogens with zero attached hydrogens (tertiary/aromatic N) is 3. The molecule has 1 aliphatic rings. The predicted molar refractivity (Wildman–Crippen MR) is 120 cm³/mol. The quantitative estimate of drug-likeness (QED) is 0.564. The Labute approximate surface area is 182 Å². The molecule has 0 atom stereocenters. The smallest absolute Gasteiger partial charge is 0.252 e. The van der Waals surface area contributed by atoms with Crippen LogP contribution in [-0.2, 0) is 4.74 Å². The first-order valence-electron chi connectivity index (χ1n) is 10.8. The Morgan fingerprint density at radius 2 is 2.00 bits per heavy atom. The van der Waals surface area contributed by atoms with Crippen LogP contribution in [0.3, 0.4) is 0 Å². The number of carbonyl (C=O) groups is 1. The van der Waals surface area contributed by atoms with Crippen LogP contribution in [0, 0.1) is 0 Å². The average molecular weight is 421 g/mol. The summed E-state index contributed by atoms with van der Waals surface area (Å²) < 4.78 is 10.9. The van der Waals surface area contributed by atoms with Crippen LogP contribution in [0.15, 0.2) is 48.8 Å². The number of aromatic nitrogens is 2. The number of morpholine rings is 1. The second-order valence-electron chi connectivity index (χ2n) is 7.47. The van der Waals surface area contributed by atoms with Crippen molar-refractivity contribution in [2.75, 3.05) is 46.0 Å². The lowest BCUT2D eigenvalue weighted by molar-refractivity contribution is 0.0374. The molecule has 3 aromatic rings. The molecular formula is C24H28N4O3. The summed E-state index contributed by atoms with van der Waals surface area (Å²) in [6, 6.07) is 11.4. The van der Waals surface area contributed by atoms with Crippen LogP contribution >= 0.6 is 0 Å². The Bertz CT molecular complexity index is 1020. The first-order chi connectivity index (χ1) is 15.2. The third-order valence-electron chi connectivity index (χ3n) is 5.36. The second kappa shape index (κ2) is 10.3. The van der Waals surface area contributed by atoms with Gasteiger partial charge < -0.3 is 14.8 Å². The van der Waals surface area contributed by atoms with Crippen molar-refractivity contribution in [2.45, 2.75) is 13.3 Å². The van der Waals surface area contributed by atoms with Gasteiger partial charge in [0.15, 0.2) is 0 Å². The SMILES string of the molecule is CCOc1ccc(-c2cc(C(=O)NCCCN3CCOCC3)c3cnccc3n2)cc1. The molecule has 4 rings (SSSR count). The molecule has 3 heterocycles. The van der Waals surface area contributed by atoms with Crippen molar-refractivity contribution in [1.82, 2.24) is 20.2 Å². The zero-order valence-electron chi connectivity index (χ0n) is 17.8. The van der Waals surface area contributed by atoms with Gasteiger partial charge in [0.05, 0.1) is 36.6 Å². The molecular weight excluding hydrogens is 392 g/mol. The zero-order chi connectivity index (χ0) is 21.5. The summed E-state index contributed by atoms with van der Waals surface area (Å²) in [6.45, 7) is 7.65. The van der Waals surface area contributed by atoms with Gasteiger partial charge in [-0.25, -0.2) is 4.98 Å². The Kier molecular flexibility index (Phi) is 7.07. The van der Waals surface area contributed by atoms with Crippen LogP contribution in [0.2, 0.25) is 0 Å². The molecule has 7 nitrogen and oxygen atoms in total. The highest BCUT2D eigenvalue weighted by atomic mass is 16.5. The lowest BCUT2D eigenvalue weighted by Gasteiger charge is -2.26. The molecule has 31 heavy (non-hydrogen) atoms. The molecule has 1 N–H and O–H groups in total. The molecule has 1 saturated heterocycles. The largest absolute Gasteiger partial charge is 0.494 e. The van der Waals surface area contributed by atoms with Gasteiger partial charge in [0, 0.05) is 43.0 Å². The number of amides is 1. The van der Waals surface area contributed by atoms with Gasteiger partial charge in [-0.2, -0.15) is 0 Å². The molecule has 2 aromatic heterocycles. The highest BCUT2D eigenvalue weighted by Gasteiger charge is 2.15. The Balaban J connectivity index is 1.49. The van der Waals surface area contributed by atoms with E-state index in [0.717, 1.165) is 67.2 Å². The van der Waals surface area contributed by atoms with Crippen molar-refractivity contribution in [3.8, 4) is 17.0 Å². The highest BCUT2D eigenvalue weighted by molar-refractivity contribution is 6.06. The van der Waals surface area contributed by atoms with Gasteiger partial charge >= 0.3 is 0 Å². The first kappa shape index (κ1) is 21.2. The topological polar surface area (TPSA) is 76.6 Å². The molecule has 1 aromatic carbocycles. The number of ether oxygens (including phenoxy) is 2.